The number of nitrogens with one attached hydrogen (secondary N) is 2. The highest BCUT2D eigenvalue weighted by molar-refractivity contribution is 7.08. The molecule has 0 aliphatic carbocycles. The quantitative estimate of drug-likeness (QED) is 0.779. The molecule has 0 radical (unpaired) electrons. The maximum atomic E-state index is 12.0. The number of fused-ring (bicyclic) bond motifs is 1. The van der Waals surface area contributed by atoms with Gasteiger partial charge in [-0.1, -0.05) is 6.07 Å². The molecule has 0 saturated carbocycles. The lowest BCUT2D eigenvalue weighted by Gasteiger charge is -2.03. The van der Waals surface area contributed by atoms with Gasteiger partial charge in [0.15, 0.2) is 0 Å². The molecule has 3 aromatic rings. The molecule has 0 spiro atoms. The molecule has 6 heteroatoms. The molecule has 3 rings (SSSR count). The van der Waals surface area contributed by atoms with E-state index in [4.69, 9.17) is 5.26 Å². The summed E-state index contributed by atoms with van der Waals surface area (Å²) >= 11 is 1.20. The fourth-order valence-electron chi connectivity index (χ4n) is 2.09. The van der Waals surface area contributed by atoms with E-state index in [9.17, 15) is 4.79 Å². The molecule has 108 valence electrons. The number of carbonyl (C=O) groups excluding carboxylic acids is 1. The average Bonchev–Trinajstić information content (AvgIpc) is 3.09. The fraction of sp³-hybridized carbons (Fsp3) is 0.133. The van der Waals surface area contributed by atoms with E-state index in [0.29, 0.717) is 17.1 Å². The Labute approximate surface area is 128 Å². The van der Waals surface area contributed by atoms with Crippen molar-refractivity contribution in [3.05, 3.63) is 52.2 Å². The van der Waals surface area contributed by atoms with Gasteiger partial charge in [0.05, 0.1) is 5.69 Å². The Kier molecular flexibility index (Phi) is 3.42. The lowest BCUT2D eigenvalue weighted by Crippen LogP contribution is -2.21. The van der Waals surface area contributed by atoms with E-state index in [-0.39, 0.29) is 8.76 Å². The van der Waals surface area contributed by atoms with Gasteiger partial charge in [0, 0.05) is 20.3 Å². The highest BCUT2D eigenvalue weighted by Crippen LogP contribution is 2.17. The van der Waals surface area contributed by atoms with Crippen LogP contribution < -0.4 is 5.32 Å². The molecule has 1 aromatic carbocycles. The minimum absolute atomic E-state index is 0. The second kappa shape index (κ2) is 5.38. The van der Waals surface area contributed by atoms with E-state index in [1.807, 2.05) is 25.1 Å². The van der Waals surface area contributed by atoms with Crippen molar-refractivity contribution in [3.63, 3.8) is 0 Å². The third kappa shape index (κ3) is 2.78. The van der Waals surface area contributed by atoms with Crippen molar-refractivity contribution in [3.8, 4) is 6.07 Å². The molecule has 0 aliphatic rings. The third-order valence-corrected chi connectivity index (χ3v) is 3.99. The number of rotatable bonds is 3. The number of carbonyl (C=O) groups is 1. The highest BCUT2D eigenvalue weighted by Gasteiger charge is 2.09. The van der Waals surface area contributed by atoms with Gasteiger partial charge < -0.3 is 10.3 Å². The Morgan fingerprint density at radius 3 is 3.05 bits per heavy atom. The molecule has 2 aromatic heterocycles. The third-order valence-electron chi connectivity index (χ3n) is 3.11. The fourth-order valence-corrected chi connectivity index (χ4v) is 2.77. The van der Waals surface area contributed by atoms with Gasteiger partial charge in [-0.2, -0.15) is 9.64 Å². The van der Waals surface area contributed by atoms with Crippen molar-refractivity contribution >= 4 is 28.3 Å². The zero-order chi connectivity index (χ0) is 14.8. The van der Waals surface area contributed by atoms with Crippen LogP contribution in [0.3, 0.4) is 0 Å². The lowest BCUT2D eigenvalue weighted by molar-refractivity contribution is 0.0955. The van der Waals surface area contributed by atoms with Gasteiger partial charge in [-0.3, -0.25) is 4.79 Å². The molecule has 0 unspecified atom stereocenters. The van der Waals surface area contributed by atoms with Crippen LogP contribution >= 0.6 is 11.5 Å². The normalized spacial score (nSPS) is 10.5. The number of aromatic nitrogens is 2. The topological polar surface area (TPSA) is 81.6 Å². The smallest absolute Gasteiger partial charge is 0.263 e. The largest absolute Gasteiger partial charge is 0.347 e. The summed E-state index contributed by atoms with van der Waals surface area (Å²) in [5.74, 6) is -0.118. The van der Waals surface area contributed by atoms with Crippen molar-refractivity contribution in [1.29, 1.82) is 5.26 Å². The number of aromatic amines is 1. The standard InChI is InChI=1S/C15H12N4OS.2H2/c1-9-4-14(21-19-9)15(20)17-8-10-2-3-13-11(5-10)6-12(7-16)18-13;;/h2-6,18H,8H2,1H3,(H,17,20);2*1H. The van der Waals surface area contributed by atoms with E-state index in [2.05, 4.69) is 20.7 Å². The Bertz CT molecular complexity index is 866. The molecule has 1 amide bonds. The van der Waals surface area contributed by atoms with Crippen molar-refractivity contribution in [2.75, 3.05) is 0 Å². The molecular weight excluding hydrogens is 284 g/mol. The Hall–Kier alpha value is -2.65. The number of nitrogens with zero attached hydrogens (tertiary/aromatic N) is 2. The maximum absolute atomic E-state index is 12.0. The van der Waals surface area contributed by atoms with Gasteiger partial charge in [-0.25, -0.2) is 0 Å². The van der Waals surface area contributed by atoms with Gasteiger partial charge in [-0.15, -0.1) is 0 Å². The van der Waals surface area contributed by atoms with Crippen LogP contribution in [0.15, 0.2) is 30.3 Å². The predicted octanol–water partition coefficient (Wildman–Crippen LogP) is 3.23. The second-order valence-corrected chi connectivity index (χ2v) is 5.54. The zero-order valence-electron chi connectivity index (χ0n) is 11.3. The Morgan fingerprint density at radius 1 is 1.48 bits per heavy atom. The molecule has 0 fully saturated rings. The van der Waals surface area contributed by atoms with Crippen LogP contribution in [0.1, 0.15) is 29.5 Å². The summed E-state index contributed by atoms with van der Waals surface area (Å²) in [6.07, 6.45) is 0. The molecule has 5 nitrogen and oxygen atoms in total. The monoisotopic (exact) mass is 300 g/mol. The van der Waals surface area contributed by atoms with Crippen LogP contribution in [0.2, 0.25) is 0 Å². The first-order valence-corrected chi connectivity index (χ1v) is 7.16. The van der Waals surface area contributed by atoms with E-state index in [1.165, 1.54) is 11.5 Å². The lowest BCUT2D eigenvalue weighted by atomic mass is 10.1. The first-order chi connectivity index (χ1) is 10.2. The van der Waals surface area contributed by atoms with Crippen LogP contribution in [-0.4, -0.2) is 15.3 Å². The van der Waals surface area contributed by atoms with Crippen molar-refractivity contribution < 1.29 is 7.65 Å². The summed E-state index contributed by atoms with van der Waals surface area (Å²) in [5, 5.41) is 12.7. The number of hydrogen-bond acceptors (Lipinski definition) is 4. The van der Waals surface area contributed by atoms with E-state index < -0.39 is 0 Å². The molecule has 2 N–H and O–H groups in total. The summed E-state index contributed by atoms with van der Waals surface area (Å²) in [6, 6.07) is 11.5. The first-order valence-electron chi connectivity index (χ1n) is 6.39. The summed E-state index contributed by atoms with van der Waals surface area (Å²) in [5.41, 5.74) is 3.29. The molecular formula is C15H16N4OS. The Balaban J connectivity index is 0.00000132. The van der Waals surface area contributed by atoms with E-state index >= 15 is 0 Å². The molecule has 0 saturated heterocycles. The number of benzene rings is 1. The second-order valence-electron chi connectivity index (χ2n) is 4.73. The van der Waals surface area contributed by atoms with E-state index in [0.717, 1.165) is 22.2 Å². The van der Waals surface area contributed by atoms with Crippen LogP contribution in [0.5, 0.6) is 0 Å². The van der Waals surface area contributed by atoms with Crippen LogP contribution in [0, 0.1) is 18.3 Å². The molecule has 0 aliphatic heterocycles. The number of hydrogen-bond donors (Lipinski definition) is 2. The van der Waals surface area contributed by atoms with Crippen LogP contribution in [0.4, 0.5) is 0 Å². The van der Waals surface area contributed by atoms with Crippen molar-refractivity contribution in [2.24, 2.45) is 0 Å². The van der Waals surface area contributed by atoms with Gasteiger partial charge in [0.2, 0.25) is 0 Å². The number of H-pyrrole nitrogens is 1. The van der Waals surface area contributed by atoms with Crippen molar-refractivity contribution in [2.45, 2.75) is 13.5 Å². The van der Waals surface area contributed by atoms with Crippen LogP contribution in [-0.2, 0) is 6.54 Å². The van der Waals surface area contributed by atoms with E-state index in [1.54, 1.807) is 12.1 Å². The number of amides is 1. The van der Waals surface area contributed by atoms with Gasteiger partial charge in [-0.05, 0) is 48.3 Å². The summed E-state index contributed by atoms with van der Waals surface area (Å²) in [6.45, 7) is 2.30. The minimum Gasteiger partial charge on any atom is -0.347 e. The van der Waals surface area contributed by atoms with Gasteiger partial charge in [0.25, 0.3) is 5.91 Å². The first kappa shape index (κ1) is 13.3. The molecule has 2 heterocycles. The summed E-state index contributed by atoms with van der Waals surface area (Å²) in [4.78, 5) is 15.6. The molecule has 21 heavy (non-hydrogen) atoms. The minimum atomic E-state index is -0.118. The van der Waals surface area contributed by atoms with Gasteiger partial charge in [0.1, 0.15) is 16.6 Å². The van der Waals surface area contributed by atoms with Gasteiger partial charge >= 0.3 is 0 Å². The van der Waals surface area contributed by atoms with Crippen molar-refractivity contribution in [1.82, 2.24) is 14.7 Å². The molecule has 0 bridgehead atoms. The van der Waals surface area contributed by atoms with Crippen LogP contribution in [0.25, 0.3) is 10.9 Å². The Morgan fingerprint density at radius 2 is 2.33 bits per heavy atom. The summed E-state index contributed by atoms with van der Waals surface area (Å²) in [7, 11) is 0. The maximum Gasteiger partial charge on any atom is 0.263 e. The SMILES string of the molecule is Cc1cc(C(=O)NCc2ccc3[nH]c(C#N)cc3c2)sn1.[HH].[HH]. The molecule has 0 atom stereocenters. The number of nitriles is 1. The zero-order valence-corrected chi connectivity index (χ0v) is 12.1. The predicted molar refractivity (Wildman–Crippen MR) is 85.3 cm³/mol. The average molecular weight is 300 g/mol. The highest BCUT2D eigenvalue weighted by atomic mass is 32.1. The number of aryl methyl sites for hydroxylation is 1. The summed E-state index contributed by atoms with van der Waals surface area (Å²) < 4.78 is 4.09.